The predicted molar refractivity (Wildman–Crippen MR) is 82.2 cm³/mol. The molecule has 2 aromatic rings. The van der Waals surface area contributed by atoms with Gasteiger partial charge in [0.1, 0.15) is 11.4 Å². The Morgan fingerprint density at radius 1 is 1.46 bits per heavy atom. The molecule has 1 amide bonds. The molecule has 0 aliphatic carbocycles. The topological polar surface area (TPSA) is 114 Å². The molecule has 1 saturated heterocycles. The van der Waals surface area contributed by atoms with E-state index in [2.05, 4.69) is 24.9 Å². The van der Waals surface area contributed by atoms with Crippen molar-refractivity contribution in [2.75, 3.05) is 19.7 Å². The van der Waals surface area contributed by atoms with Gasteiger partial charge in [-0.05, 0) is 19.8 Å². The zero-order valence-electron chi connectivity index (χ0n) is 13.4. The molecule has 1 aliphatic heterocycles. The van der Waals surface area contributed by atoms with Crippen LogP contribution in [0.4, 0.5) is 0 Å². The number of carbonyl (C=O) groups excluding carboxylic acids is 1. The normalized spacial score (nSPS) is 17.9. The van der Waals surface area contributed by atoms with E-state index in [0.717, 1.165) is 5.69 Å². The number of nitrogens with zero attached hydrogens (tertiary/aromatic N) is 4. The Kier molecular flexibility index (Phi) is 4.99. The Hall–Kier alpha value is -2.55. The molecule has 2 aromatic heterocycles. The van der Waals surface area contributed by atoms with E-state index in [1.165, 1.54) is 12.4 Å². The molecule has 1 N–H and O–H groups in total. The summed E-state index contributed by atoms with van der Waals surface area (Å²) >= 11 is 0. The summed E-state index contributed by atoms with van der Waals surface area (Å²) in [5, 5.41) is 7.43. The second-order valence-electron chi connectivity index (χ2n) is 5.75. The standard InChI is InChI=1S/C15H19N5O4/c1-10-13(19-24-18-10)7-15(22)20-4-5-23-12(8-20)3-2-11-6-14(21)17-9-16-11/h6,9,12H,2-5,7-8H2,1H3,(H,16,17,21)/t12-/m1/s1. The highest BCUT2D eigenvalue weighted by atomic mass is 16.6. The Morgan fingerprint density at radius 2 is 2.33 bits per heavy atom. The Balaban J connectivity index is 1.53. The second kappa shape index (κ2) is 7.35. The molecule has 1 atom stereocenters. The van der Waals surface area contributed by atoms with E-state index in [4.69, 9.17) is 4.74 Å². The number of aryl methyl sites for hydroxylation is 2. The van der Waals surface area contributed by atoms with Crippen molar-refractivity contribution < 1.29 is 14.2 Å². The molecule has 9 heteroatoms. The number of hydrogen-bond acceptors (Lipinski definition) is 7. The molecule has 9 nitrogen and oxygen atoms in total. The summed E-state index contributed by atoms with van der Waals surface area (Å²) < 4.78 is 10.3. The lowest BCUT2D eigenvalue weighted by atomic mass is 10.1. The lowest BCUT2D eigenvalue weighted by molar-refractivity contribution is -0.138. The van der Waals surface area contributed by atoms with Crippen molar-refractivity contribution in [2.24, 2.45) is 0 Å². The van der Waals surface area contributed by atoms with Crippen LogP contribution in [0.25, 0.3) is 0 Å². The SMILES string of the molecule is Cc1nonc1CC(=O)N1CCO[C@H](CCc2cc(=O)[nH]cn2)C1. The second-order valence-corrected chi connectivity index (χ2v) is 5.75. The van der Waals surface area contributed by atoms with E-state index >= 15 is 0 Å². The summed E-state index contributed by atoms with van der Waals surface area (Å²) in [4.78, 5) is 32.0. The third-order valence-corrected chi connectivity index (χ3v) is 4.01. The number of aromatic nitrogens is 4. The van der Waals surface area contributed by atoms with Crippen LogP contribution in [0.1, 0.15) is 23.5 Å². The van der Waals surface area contributed by atoms with Gasteiger partial charge in [-0.1, -0.05) is 10.3 Å². The highest BCUT2D eigenvalue weighted by molar-refractivity contribution is 5.78. The maximum Gasteiger partial charge on any atom is 0.250 e. The predicted octanol–water partition coefficient (Wildman–Crippen LogP) is -0.136. The Morgan fingerprint density at radius 3 is 3.08 bits per heavy atom. The molecule has 0 spiro atoms. The first-order valence-electron chi connectivity index (χ1n) is 7.83. The van der Waals surface area contributed by atoms with Crippen LogP contribution in [0.2, 0.25) is 0 Å². The third kappa shape index (κ3) is 4.05. The van der Waals surface area contributed by atoms with Crippen LogP contribution in [-0.4, -0.2) is 56.9 Å². The minimum atomic E-state index is -0.169. The van der Waals surface area contributed by atoms with Gasteiger partial charge in [0.05, 0.1) is 25.5 Å². The van der Waals surface area contributed by atoms with E-state index in [9.17, 15) is 9.59 Å². The van der Waals surface area contributed by atoms with E-state index < -0.39 is 0 Å². The molecule has 1 aliphatic rings. The van der Waals surface area contributed by atoms with Gasteiger partial charge in [-0.3, -0.25) is 9.59 Å². The number of morpholine rings is 1. The average Bonchev–Trinajstić information content (AvgIpc) is 2.98. The van der Waals surface area contributed by atoms with Gasteiger partial charge in [-0.2, -0.15) is 0 Å². The fourth-order valence-corrected chi connectivity index (χ4v) is 2.64. The van der Waals surface area contributed by atoms with Crippen LogP contribution in [0.15, 0.2) is 21.8 Å². The average molecular weight is 333 g/mol. The number of rotatable bonds is 5. The van der Waals surface area contributed by atoms with Gasteiger partial charge in [0.25, 0.3) is 5.56 Å². The third-order valence-electron chi connectivity index (χ3n) is 4.01. The molecule has 0 bridgehead atoms. The minimum Gasteiger partial charge on any atom is -0.375 e. The summed E-state index contributed by atoms with van der Waals surface area (Å²) in [6.45, 7) is 3.33. The minimum absolute atomic E-state index is 0.0172. The van der Waals surface area contributed by atoms with Crippen LogP contribution in [0.3, 0.4) is 0 Å². The number of aromatic amines is 1. The van der Waals surface area contributed by atoms with Crippen LogP contribution in [0, 0.1) is 6.92 Å². The van der Waals surface area contributed by atoms with Crippen molar-refractivity contribution in [3.05, 3.63) is 39.8 Å². The maximum absolute atomic E-state index is 12.4. The van der Waals surface area contributed by atoms with Gasteiger partial charge >= 0.3 is 0 Å². The van der Waals surface area contributed by atoms with E-state index in [1.54, 1.807) is 11.8 Å². The lowest BCUT2D eigenvalue weighted by Gasteiger charge is -2.33. The van der Waals surface area contributed by atoms with Crippen LogP contribution in [-0.2, 0) is 22.4 Å². The van der Waals surface area contributed by atoms with Gasteiger partial charge in [-0.25, -0.2) is 9.61 Å². The van der Waals surface area contributed by atoms with Crippen LogP contribution >= 0.6 is 0 Å². The first-order chi connectivity index (χ1) is 11.6. The molecule has 1 fully saturated rings. The first kappa shape index (κ1) is 16.3. The van der Waals surface area contributed by atoms with Crippen molar-refractivity contribution in [1.82, 2.24) is 25.2 Å². The molecule has 0 radical (unpaired) electrons. The monoisotopic (exact) mass is 333 g/mol. The van der Waals surface area contributed by atoms with Gasteiger partial charge in [0, 0.05) is 24.8 Å². The molecule has 0 unspecified atom stereocenters. The number of H-pyrrole nitrogens is 1. The molecule has 0 aromatic carbocycles. The zero-order chi connectivity index (χ0) is 16.9. The fourth-order valence-electron chi connectivity index (χ4n) is 2.64. The van der Waals surface area contributed by atoms with E-state index in [0.29, 0.717) is 43.9 Å². The summed E-state index contributed by atoms with van der Waals surface area (Å²) in [6, 6.07) is 1.48. The summed E-state index contributed by atoms with van der Waals surface area (Å²) in [6.07, 6.45) is 2.83. The number of carbonyl (C=O) groups is 1. The number of nitrogens with one attached hydrogen (secondary N) is 1. The van der Waals surface area contributed by atoms with Crippen molar-refractivity contribution in [2.45, 2.75) is 32.3 Å². The van der Waals surface area contributed by atoms with Gasteiger partial charge in [0.15, 0.2) is 0 Å². The van der Waals surface area contributed by atoms with Gasteiger partial charge in [-0.15, -0.1) is 0 Å². The molecular formula is C15H19N5O4. The molecule has 3 rings (SSSR count). The molecule has 3 heterocycles. The van der Waals surface area contributed by atoms with Crippen molar-refractivity contribution >= 4 is 5.91 Å². The van der Waals surface area contributed by atoms with Gasteiger partial charge in [0.2, 0.25) is 5.91 Å². The maximum atomic E-state index is 12.4. The van der Waals surface area contributed by atoms with Crippen molar-refractivity contribution in [1.29, 1.82) is 0 Å². The van der Waals surface area contributed by atoms with Crippen molar-refractivity contribution in [3.8, 4) is 0 Å². The molecule has 0 saturated carbocycles. The summed E-state index contributed by atoms with van der Waals surface area (Å²) in [5.41, 5.74) is 1.75. The largest absolute Gasteiger partial charge is 0.375 e. The Bertz CT molecular complexity index is 756. The Labute approximate surface area is 138 Å². The van der Waals surface area contributed by atoms with E-state index in [1.807, 2.05) is 0 Å². The van der Waals surface area contributed by atoms with E-state index in [-0.39, 0.29) is 24.0 Å². The van der Waals surface area contributed by atoms with Crippen LogP contribution < -0.4 is 5.56 Å². The number of ether oxygens (including phenoxy) is 1. The zero-order valence-corrected chi connectivity index (χ0v) is 13.4. The fraction of sp³-hybridized carbons (Fsp3) is 0.533. The first-order valence-corrected chi connectivity index (χ1v) is 7.83. The molecule has 128 valence electrons. The lowest BCUT2D eigenvalue weighted by Crippen LogP contribution is -2.46. The number of amides is 1. The smallest absolute Gasteiger partial charge is 0.250 e. The summed E-state index contributed by atoms with van der Waals surface area (Å²) in [7, 11) is 0. The highest BCUT2D eigenvalue weighted by Crippen LogP contribution is 2.13. The summed E-state index contributed by atoms with van der Waals surface area (Å²) in [5.74, 6) is -0.0172. The van der Waals surface area contributed by atoms with Crippen LogP contribution in [0.5, 0.6) is 0 Å². The number of hydrogen-bond donors (Lipinski definition) is 1. The molecule has 24 heavy (non-hydrogen) atoms. The van der Waals surface area contributed by atoms with Crippen molar-refractivity contribution in [3.63, 3.8) is 0 Å². The quantitative estimate of drug-likeness (QED) is 0.810. The molecular weight excluding hydrogens is 314 g/mol. The highest BCUT2D eigenvalue weighted by Gasteiger charge is 2.25. The van der Waals surface area contributed by atoms with Gasteiger partial charge < -0.3 is 14.6 Å².